The van der Waals surface area contributed by atoms with Crippen molar-refractivity contribution in [3.8, 4) is 0 Å². The molecule has 1 N–H and O–H groups in total. The normalized spacial score (nSPS) is 15.8. The number of nitro benzene ring substituents is 1. The highest BCUT2D eigenvalue weighted by molar-refractivity contribution is 7.22. The SMILES string of the molecule is O=[N+]([O-])c1ccc2sc(NCCN3CCCC3)nc2c1. The zero-order valence-electron chi connectivity index (χ0n) is 11.0. The van der Waals surface area contributed by atoms with Gasteiger partial charge in [0.15, 0.2) is 5.13 Å². The van der Waals surface area contributed by atoms with Crippen LogP contribution in [0.3, 0.4) is 0 Å². The summed E-state index contributed by atoms with van der Waals surface area (Å²) in [4.78, 5) is 17.2. The van der Waals surface area contributed by atoms with Crippen LogP contribution < -0.4 is 5.32 Å². The Morgan fingerprint density at radius 2 is 2.20 bits per heavy atom. The van der Waals surface area contributed by atoms with E-state index in [9.17, 15) is 10.1 Å². The van der Waals surface area contributed by atoms with Gasteiger partial charge in [-0.3, -0.25) is 10.1 Å². The average molecular weight is 292 g/mol. The molecular weight excluding hydrogens is 276 g/mol. The fourth-order valence-electron chi connectivity index (χ4n) is 2.43. The average Bonchev–Trinajstić information content (AvgIpc) is 3.06. The topological polar surface area (TPSA) is 71.3 Å². The lowest BCUT2D eigenvalue weighted by molar-refractivity contribution is -0.384. The second kappa shape index (κ2) is 5.72. The van der Waals surface area contributed by atoms with E-state index >= 15 is 0 Å². The predicted molar refractivity (Wildman–Crippen MR) is 80.4 cm³/mol. The van der Waals surface area contributed by atoms with Crippen LogP contribution in [0.5, 0.6) is 0 Å². The van der Waals surface area contributed by atoms with Crippen LogP contribution in [0.1, 0.15) is 12.8 Å². The van der Waals surface area contributed by atoms with Crippen molar-refractivity contribution in [2.45, 2.75) is 12.8 Å². The maximum Gasteiger partial charge on any atom is 0.271 e. The molecule has 0 unspecified atom stereocenters. The Kier molecular flexibility index (Phi) is 3.79. The lowest BCUT2D eigenvalue weighted by Crippen LogP contribution is -2.25. The summed E-state index contributed by atoms with van der Waals surface area (Å²) in [6.07, 6.45) is 2.59. The van der Waals surface area contributed by atoms with E-state index in [1.54, 1.807) is 6.07 Å². The Morgan fingerprint density at radius 3 is 2.95 bits per heavy atom. The summed E-state index contributed by atoms with van der Waals surface area (Å²) < 4.78 is 0.972. The summed E-state index contributed by atoms with van der Waals surface area (Å²) in [5, 5.41) is 14.9. The number of rotatable bonds is 5. The summed E-state index contributed by atoms with van der Waals surface area (Å²) in [7, 11) is 0. The van der Waals surface area contributed by atoms with E-state index in [0.29, 0.717) is 5.52 Å². The molecule has 106 valence electrons. The van der Waals surface area contributed by atoms with Crippen LogP contribution in [0.4, 0.5) is 10.8 Å². The van der Waals surface area contributed by atoms with Crippen LogP contribution in [0.15, 0.2) is 18.2 Å². The Bertz CT molecular complexity index is 622. The number of anilines is 1. The highest BCUT2D eigenvalue weighted by Crippen LogP contribution is 2.28. The third-order valence-corrected chi connectivity index (χ3v) is 4.48. The molecule has 1 aliphatic heterocycles. The summed E-state index contributed by atoms with van der Waals surface area (Å²) in [5.74, 6) is 0. The second-order valence-electron chi connectivity index (χ2n) is 4.90. The predicted octanol–water partition coefficient (Wildman–Crippen LogP) is 2.71. The molecular formula is C13H16N4O2S. The zero-order chi connectivity index (χ0) is 13.9. The number of likely N-dealkylation sites (tertiary alicyclic amines) is 1. The molecule has 0 radical (unpaired) electrons. The molecule has 0 amide bonds. The molecule has 1 fully saturated rings. The van der Waals surface area contributed by atoms with E-state index in [2.05, 4.69) is 15.2 Å². The lowest BCUT2D eigenvalue weighted by atomic mass is 10.3. The minimum atomic E-state index is -0.390. The van der Waals surface area contributed by atoms with Crippen molar-refractivity contribution in [3.05, 3.63) is 28.3 Å². The van der Waals surface area contributed by atoms with Gasteiger partial charge >= 0.3 is 0 Å². The highest BCUT2D eigenvalue weighted by atomic mass is 32.1. The first kappa shape index (κ1) is 13.3. The van der Waals surface area contributed by atoms with Gasteiger partial charge in [0.05, 0.1) is 15.1 Å². The van der Waals surface area contributed by atoms with E-state index in [0.717, 1.165) is 22.9 Å². The van der Waals surface area contributed by atoms with Gasteiger partial charge < -0.3 is 10.2 Å². The number of benzene rings is 1. The number of aromatic nitrogens is 1. The number of hydrogen-bond donors (Lipinski definition) is 1. The number of non-ortho nitro benzene ring substituents is 1. The van der Waals surface area contributed by atoms with Gasteiger partial charge in [-0.05, 0) is 32.0 Å². The van der Waals surface area contributed by atoms with Crippen LogP contribution in [-0.4, -0.2) is 41.0 Å². The lowest BCUT2D eigenvalue weighted by Gasteiger charge is -2.13. The number of nitro groups is 1. The molecule has 3 rings (SSSR count). The molecule has 1 saturated heterocycles. The van der Waals surface area contributed by atoms with Crippen LogP contribution in [0.2, 0.25) is 0 Å². The Morgan fingerprint density at radius 1 is 1.40 bits per heavy atom. The fraction of sp³-hybridized carbons (Fsp3) is 0.462. The van der Waals surface area contributed by atoms with E-state index in [4.69, 9.17) is 0 Å². The smallest absolute Gasteiger partial charge is 0.271 e. The maximum atomic E-state index is 10.7. The molecule has 20 heavy (non-hydrogen) atoms. The van der Waals surface area contributed by atoms with Gasteiger partial charge in [0.25, 0.3) is 5.69 Å². The molecule has 2 heterocycles. The quantitative estimate of drug-likeness (QED) is 0.677. The third-order valence-electron chi connectivity index (χ3n) is 3.48. The van der Waals surface area contributed by atoms with Crippen LogP contribution >= 0.6 is 11.3 Å². The van der Waals surface area contributed by atoms with Crippen molar-refractivity contribution in [2.75, 3.05) is 31.5 Å². The fourth-order valence-corrected chi connectivity index (χ4v) is 3.30. The first-order valence-electron chi connectivity index (χ1n) is 6.73. The van der Waals surface area contributed by atoms with E-state index in [1.807, 2.05) is 0 Å². The van der Waals surface area contributed by atoms with Crippen molar-refractivity contribution in [2.24, 2.45) is 0 Å². The van der Waals surface area contributed by atoms with Crippen LogP contribution in [0.25, 0.3) is 10.2 Å². The number of fused-ring (bicyclic) bond motifs is 1. The highest BCUT2D eigenvalue weighted by Gasteiger charge is 2.12. The van der Waals surface area contributed by atoms with Crippen molar-refractivity contribution in [1.82, 2.24) is 9.88 Å². The number of nitrogens with zero attached hydrogens (tertiary/aromatic N) is 3. The molecule has 0 bridgehead atoms. The maximum absolute atomic E-state index is 10.7. The van der Waals surface area contributed by atoms with Gasteiger partial charge in [0.2, 0.25) is 0 Å². The molecule has 2 aromatic rings. The molecule has 0 atom stereocenters. The Balaban J connectivity index is 1.64. The minimum absolute atomic E-state index is 0.0893. The summed E-state index contributed by atoms with van der Waals surface area (Å²) in [6, 6.07) is 4.81. The number of nitrogens with one attached hydrogen (secondary N) is 1. The van der Waals surface area contributed by atoms with E-state index < -0.39 is 0 Å². The van der Waals surface area contributed by atoms with Crippen LogP contribution in [-0.2, 0) is 0 Å². The van der Waals surface area contributed by atoms with Gasteiger partial charge in [-0.15, -0.1) is 0 Å². The summed E-state index contributed by atoms with van der Waals surface area (Å²) in [5.41, 5.74) is 0.777. The second-order valence-corrected chi connectivity index (χ2v) is 5.93. The van der Waals surface area contributed by atoms with Gasteiger partial charge in [-0.1, -0.05) is 11.3 Å². The van der Waals surface area contributed by atoms with Gasteiger partial charge in [0, 0.05) is 25.2 Å². The Hall–Kier alpha value is -1.73. The molecule has 1 aromatic carbocycles. The summed E-state index contributed by atoms with van der Waals surface area (Å²) >= 11 is 1.54. The van der Waals surface area contributed by atoms with Crippen molar-refractivity contribution in [3.63, 3.8) is 0 Å². The molecule has 0 aliphatic carbocycles. The van der Waals surface area contributed by atoms with Gasteiger partial charge in [0.1, 0.15) is 0 Å². The molecule has 0 spiro atoms. The molecule has 0 saturated carbocycles. The van der Waals surface area contributed by atoms with Crippen molar-refractivity contribution >= 4 is 32.4 Å². The van der Waals surface area contributed by atoms with Crippen LogP contribution in [0, 0.1) is 10.1 Å². The van der Waals surface area contributed by atoms with E-state index in [-0.39, 0.29) is 10.6 Å². The molecule has 1 aliphatic rings. The number of thiazole rings is 1. The zero-order valence-corrected chi connectivity index (χ0v) is 11.9. The summed E-state index contributed by atoms with van der Waals surface area (Å²) in [6.45, 7) is 4.26. The van der Waals surface area contributed by atoms with Crippen molar-refractivity contribution in [1.29, 1.82) is 0 Å². The van der Waals surface area contributed by atoms with Gasteiger partial charge in [-0.2, -0.15) is 0 Å². The molecule has 6 nitrogen and oxygen atoms in total. The Labute approximate surface area is 120 Å². The largest absolute Gasteiger partial charge is 0.360 e. The standard InChI is InChI=1S/C13H16N4O2S/c18-17(19)10-3-4-12-11(9-10)15-13(20-12)14-5-8-16-6-1-2-7-16/h3-4,9H,1-2,5-8H2,(H,14,15). The monoisotopic (exact) mass is 292 g/mol. The number of hydrogen-bond acceptors (Lipinski definition) is 6. The molecule has 1 aromatic heterocycles. The van der Waals surface area contributed by atoms with E-state index in [1.165, 1.54) is 49.4 Å². The first-order chi connectivity index (χ1) is 9.72. The third kappa shape index (κ3) is 2.88. The van der Waals surface area contributed by atoms with Gasteiger partial charge in [-0.25, -0.2) is 4.98 Å². The first-order valence-corrected chi connectivity index (χ1v) is 7.55. The minimum Gasteiger partial charge on any atom is -0.360 e. The molecule has 7 heteroatoms. The van der Waals surface area contributed by atoms with Crippen molar-refractivity contribution < 1.29 is 4.92 Å².